The first-order chi connectivity index (χ1) is 8.15. The van der Waals surface area contributed by atoms with Gasteiger partial charge in [-0.15, -0.1) is 0 Å². The van der Waals surface area contributed by atoms with E-state index in [4.69, 9.17) is 4.74 Å². The van der Waals surface area contributed by atoms with Crippen LogP contribution in [-0.2, 0) is 4.74 Å². The van der Waals surface area contributed by atoms with E-state index in [1.807, 2.05) is 0 Å². The molecule has 1 aromatic rings. The summed E-state index contributed by atoms with van der Waals surface area (Å²) in [6.45, 7) is 5.26. The molecule has 17 heavy (non-hydrogen) atoms. The van der Waals surface area contributed by atoms with Crippen LogP contribution in [0.1, 0.15) is 38.3 Å². The van der Waals surface area contributed by atoms with Gasteiger partial charge >= 0.3 is 0 Å². The summed E-state index contributed by atoms with van der Waals surface area (Å²) in [5, 5.41) is 3.69. The van der Waals surface area contributed by atoms with E-state index >= 15 is 0 Å². The molecule has 1 aliphatic rings. The van der Waals surface area contributed by atoms with Crippen molar-refractivity contribution in [3.8, 4) is 0 Å². The van der Waals surface area contributed by atoms with Gasteiger partial charge in [0.2, 0.25) is 0 Å². The molecule has 1 aliphatic heterocycles. The average Bonchev–Trinajstić information content (AvgIpc) is 2.29. The fraction of sp³-hybridized carbons (Fsp3) is 0.571. The summed E-state index contributed by atoms with van der Waals surface area (Å²) in [5.74, 6) is 0. The van der Waals surface area contributed by atoms with Crippen molar-refractivity contribution in [2.45, 2.75) is 44.9 Å². The molecule has 0 aliphatic carbocycles. The largest absolute Gasteiger partial charge is 0.378 e. The lowest BCUT2D eigenvalue weighted by molar-refractivity contribution is 0.0116. The summed E-state index contributed by atoms with van der Waals surface area (Å²) >= 11 is 3.46. The van der Waals surface area contributed by atoms with E-state index in [0.717, 1.165) is 23.9 Å². The highest BCUT2D eigenvalue weighted by molar-refractivity contribution is 9.10. The van der Waals surface area contributed by atoms with Crippen molar-refractivity contribution in [2.24, 2.45) is 0 Å². The van der Waals surface area contributed by atoms with E-state index < -0.39 is 0 Å². The number of rotatable bonds is 3. The Bertz CT molecular complexity index is 352. The van der Waals surface area contributed by atoms with E-state index in [1.54, 1.807) is 0 Å². The zero-order valence-electron chi connectivity index (χ0n) is 10.4. The number of hydrogen-bond donors (Lipinski definition) is 1. The summed E-state index contributed by atoms with van der Waals surface area (Å²) in [4.78, 5) is 0. The second-order valence-electron chi connectivity index (χ2n) is 4.84. The Balaban J connectivity index is 1.91. The number of halogens is 1. The Morgan fingerprint density at radius 3 is 2.71 bits per heavy atom. The zero-order chi connectivity index (χ0) is 12.3. The van der Waals surface area contributed by atoms with Crippen molar-refractivity contribution in [3.63, 3.8) is 0 Å². The molecular formula is C14H20BrNO. The monoisotopic (exact) mass is 297 g/mol. The van der Waals surface area contributed by atoms with Gasteiger partial charge in [0, 0.05) is 23.2 Å². The van der Waals surface area contributed by atoms with Crippen LogP contribution in [0, 0.1) is 0 Å². The second-order valence-corrected chi connectivity index (χ2v) is 5.76. The molecule has 2 rings (SSSR count). The fourth-order valence-corrected chi connectivity index (χ4v) is 2.61. The molecule has 0 saturated carbocycles. The molecule has 3 atom stereocenters. The predicted molar refractivity (Wildman–Crippen MR) is 74.1 cm³/mol. The first-order valence-electron chi connectivity index (χ1n) is 6.28. The zero-order valence-corrected chi connectivity index (χ0v) is 12.0. The molecule has 2 unspecified atom stereocenters. The summed E-state index contributed by atoms with van der Waals surface area (Å²) in [6, 6.07) is 9.52. The van der Waals surface area contributed by atoms with E-state index in [1.165, 1.54) is 5.56 Å². The second kappa shape index (κ2) is 5.98. The van der Waals surface area contributed by atoms with E-state index in [9.17, 15) is 0 Å². The van der Waals surface area contributed by atoms with Crippen LogP contribution in [0.4, 0.5) is 0 Å². The molecule has 0 amide bonds. The molecule has 2 nitrogen and oxygen atoms in total. The van der Waals surface area contributed by atoms with Crippen molar-refractivity contribution in [2.75, 3.05) is 6.61 Å². The van der Waals surface area contributed by atoms with Gasteiger partial charge in [0.25, 0.3) is 0 Å². The molecule has 0 bridgehead atoms. The van der Waals surface area contributed by atoms with Crippen molar-refractivity contribution < 1.29 is 4.74 Å². The van der Waals surface area contributed by atoms with Gasteiger partial charge in [-0.2, -0.15) is 0 Å². The molecule has 0 spiro atoms. The van der Waals surface area contributed by atoms with Crippen LogP contribution in [0.15, 0.2) is 28.7 Å². The standard InChI is InChI=1S/C14H20BrNO/c1-10-9-14(7-8-17-10)16-11(2)12-3-5-13(15)6-4-12/h3-6,10-11,14,16H,7-9H2,1-2H3/t10?,11-,14?/m1/s1. The maximum atomic E-state index is 5.56. The Morgan fingerprint density at radius 1 is 1.35 bits per heavy atom. The van der Waals surface area contributed by atoms with Crippen molar-refractivity contribution >= 4 is 15.9 Å². The molecule has 3 heteroatoms. The Labute approximate surface area is 112 Å². The van der Waals surface area contributed by atoms with Crippen LogP contribution in [0.3, 0.4) is 0 Å². The Hall–Kier alpha value is -0.380. The molecule has 94 valence electrons. The van der Waals surface area contributed by atoms with Crippen LogP contribution in [0.5, 0.6) is 0 Å². The van der Waals surface area contributed by atoms with E-state index in [2.05, 4.69) is 59.4 Å². The van der Waals surface area contributed by atoms with E-state index in [-0.39, 0.29) is 0 Å². The van der Waals surface area contributed by atoms with Gasteiger partial charge in [0.05, 0.1) is 6.10 Å². The van der Waals surface area contributed by atoms with Gasteiger partial charge in [-0.05, 0) is 44.4 Å². The SMILES string of the molecule is CC1CC(N[C@H](C)c2ccc(Br)cc2)CCO1. The minimum atomic E-state index is 0.387. The molecule has 1 fully saturated rings. The van der Waals surface area contributed by atoms with Crippen LogP contribution in [0.2, 0.25) is 0 Å². The summed E-state index contributed by atoms with van der Waals surface area (Å²) in [7, 11) is 0. The minimum absolute atomic E-state index is 0.387. The maximum Gasteiger partial charge on any atom is 0.0561 e. The molecule has 0 radical (unpaired) electrons. The predicted octanol–water partition coefficient (Wildman–Crippen LogP) is 3.67. The number of benzene rings is 1. The lowest BCUT2D eigenvalue weighted by atomic mass is 10.0. The number of nitrogens with one attached hydrogen (secondary N) is 1. The molecular weight excluding hydrogens is 278 g/mol. The molecule has 1 heterocycles. The summed E-state index contributed by atoms with van der Waals surface area (Å²) < 4.78 is 6.70. The highest BCUT2D eigenvalue weighted by Crippen LogP contribution is 2.20. The smallest absolute Gasteiger partial charge is 0.0561 e. The molecule has 1 aromatic carbocycles. The first-order valence-corrected chi connectivity index (χ1v) is 7.07. The Morgan fingerprint density at radius 2 is 2.06 bits per heavy atom. The quantitative estimate of drug-likeness (QED) is 0.919. The van der Waals surface area contributed by atoms with Gasteiger partial charge in [0.1, 0.15) is 0 Å². The molecule has 0 aromatic heterocycles. The number of hydrogen-bond acceptors (Lipinski definition) is 2. The summed E-state index contributed by atoms with van der Waals surface area (Å²) in [5.41, 5.74) is 1.34. The first kappa shape index (κ1) is 13.1. The topological polar surface area (TPSA) is 21.3 Å². The van der Waals surface area contributed by atoms with Gasteiger partial charge in [-0.3, -0.25) is 0 Å². The minimum Gasteiger partial charge on any atom is -0.378 e. The van der Waals surface area contributed by atoms with Crippen LogP contribution in [0.25, 0.3) is 0 Å². The third kappa shape index (κ3) is 3.80. The third-order valence-corrected chi connectivity index (χ3v) is 3.87. The van der Waals surface area contributed by atoms with Crippen molar-refractivity contribution in [1.82, 2.24) is 5.32 Å². The highest BCUT2D eigenvalue weighted by Gasteiger charge is 2.20. The van der Waals surface area contributed by atoms with Crippen molar-refractivity contribution in [1.29, 1.82) is 0 Å². The lowest BCUT2D eigenvalue weighted by Gasteiger charge is -2.30. The van der Waals surface area contributed by atoms with Gasteiger partial charge in [0.15, 0.2) is 0 Å². The van der Waals surface area contributed by atoms with Gasteiger partial charge < -0.3 is 10.1 Å². The van der Waals surface area contributed by atoms with Crippen molar-refractivity contribution in [3.05, 3.63) is 34.3 Å². The van der Waals surface area contributed by atoms with Gasteiger partial charge in [-0.25, -0.2) is 0 Å². The normalized spacial score (nSPS) is 26.8. The number of ether oxygens (including phenoxy) is 1. The Kier molecular flexibility index (Phi) is 4.60. The third-order valence-electron chi connectivity index (χ3n) is 3.34. The maximum absolute atomic E-state index is 5.56. The molecule has 1 N–H and O–H groups in total. The fourth-order valence-electron chi connectivity index (χ4n) is 2.35. The molecule has 1 saturated heterocycles. The van der Waals surface area contributed by atoms with Gasteiger partial charge in [-0.1, -0.05) is 28.1 Å². The summed E-state index contributed by atoms with van der Waals surface area (Å²) in [6.07, 6.45) is 2.62. The van der Waals surface area contributed by atoms with Crippen LogP contribution >= 0.6 is 15.9 Å². The van der Waals surface area contributed by atoms with E-state index in [0.29, 0.717) is 18.2 Å². The average molecular weight is 298 g/mol. The van der Waals surface area contributed by atoms with Crippen LogP contribution in [-0.4, -0.2) is 18.8 Å². The highest BCUT2D eigenvalue weighted by atomic mass is 79.9. The lowest BCUT2D eigenvalue weighted by Crippen LogP contribution is -2.39. The van der Waals surface area contributed by atoms with Crippen LogP contribution < -0.4 is 5.32 Å².